The average Bonchev–Trinajstić information content (AvgIpc) is 2.98. The van der Waals surface area contributed by atoms with E-state index in [4.69, 9.17) is 41.9 Å². The summed E-state index contributed by atoms with van der Waals surface area (Å²) in [6.45, 7) is 1.18. The highest BCUT2D eigenvalue weighted by atomic mass is 19.3. The van der Waals surface area contributed by atoms with Crippen molar-refractivity contribution < 1.29 is 52.9 Å². The van der Waals surface area contributed by atoms with Crippen LogP contribution in [0.1, 0.15) is 32.6 Å². The Hall–Kier alpha value is -1.23. The van der Waals surface area contributed by atoms with Crippen LogP contribution in [-0.4, -0.2) is 151 Å². The molecule has 2 saturated heterocycles. The average molecular weight is 644 g/mol. The van der Waals surface area contributed by atoms with Crippen molar-refractivity contribution in [2.24, 2.45) is 22.9 Å². The van der Waals surface area contributed by atoms with Gasteiger partial charge in [0.2, 0.25) is 0 Å². The molecule has 0 spiro atoms. The van der Waals surface area contributed by atoms with E-state index in [-0.39, 0.29) is 31.7 Å². The maximum atomic E-state index is 14.0. The fourth-order valence-electron chi connectivity index (χ4n) is 5.92. The van der Waals surface area contributed by atoms with Gasteiger partial charge in [-0.15, -0.1) is 0 Å². The second-order valence-corrected chi connectivity index (χ2v) is 12.0. The summed E-state index contributed by atoms with van der Waals surface area (Å²) in [7, 11) is 1.52. The summed E-state index contributed by atoms with van der Waals surface area (Å²) in [6.07, 6.45) is -9.26. The summed E-state index contributed by atoms with van der Waals surface area (Å²) in [5.74, 6) is -5.40. The summed E-state index contributed by atoms with van der Waals surface area (Å²) in [5, 5.41) is 51.6. The molecule has 2 heterocycles. The largest absolute Gasteiger partial charge is 0.388 e. The number of hydrogen-bond acceptors (Lipinski definition) is 15. The number of hydrogen-bond donors (Lipinski definition) is 11. The van der Waals surface area contributed by atoms with Gasteiger partial charge in [-0.1, -0.05) is 0 Å². The number of aliphatic hydroxyl groups excluding tert-OH is 3. The smallest absolute Gasteiger partial charge is 0.294 e. The van der Waals surface area contributed by atoms with Gasteiger partial charge in [0.15, 0.2) is 18.7 Å². The summed E-state index contributed by atoms with van der Waals surface area (Å²) in [6, 6.07) is -3.43. The first kappa shape index (κ1) is 37.2. The van der Waals surface area contributed by atoms with Crippen molar-refractivity contribution in [2.45, 2.75) is 118 Å². The summed E-state index contributed by atoms with van der Waals surface area (Å²) in [5.41, 5.74) is 21.4. The molecule has 44 heavy (non-hydrogen) atoms. The number of alkyl halides is 2. The standard InChI is InChI=1S/C26H51F2N7O9/c1-25(40)11-41-24(17(37)20(25)33-2)44-19-15(35-22(39)21(38)26(27,28)10-31)8-13(32)18(16(19)36)43-23-14(34-7-3-6-29)5-4-12(9-30)42-23/h12-21,23-24,33-34,36-38,40H,3-11,29-32H2,1-2H3,(H,35,39)/t12-,13-,14+,15+,16-,17+,18+,19-,20+,21?,23+,24+,25-/m0/s1. The molecule has 13 atom stereocenters. The Morgan fingerprint density at radius 1 is 1.11 bits per heavy atom. The third-order valence-electron chi connectivity index (χ3n) is 8.49. The number of nitrogens with two attached hydrogens (primary N) is 4. The van der Waals surface area contributed by atoms with Crippen LogP contribution in [0.2, 0.25) is 0 Å². The first-order valence-electron chi connectivity index (χ1n) is 15.0. The van der Waals surface area contributed by atoms with Crippen LogP contribution < -0.4 is 38.9 Å². The summed E-state index contributed by atoms with van der Waals surface area (Å²) in [4.78, 5) is 12.7. The molecule has 0 aromatic rings. The SMILES string of the molecule is CN[C@@H]1[C@@H](O)[C@@H](O[C@@H]2[C@@H](O)[C@H](O[C@H]3O[C@H](CN)CC[C@H]3NCCCN)[C@@H](N)C[C@H]2NC(=O)C(O)C(F)(F)CN)OC[C@]1(C)O. The van der Waals surface area contributed by atoms with Crippen molar-refractivity contribution in [3.05, 3.63) is 0 Å². The molecule has 2 aliphatic heterocycles. The highest BCUT2D eigenvalue weighted by molar-refractivity contribution is 5.82. The molecule has 1 saturated carbocycles. The molecular formula is C26H51F2N7O9. The van der Waals surface area contributed by atoms with Gasteiger partial charge in [0.1, 0.15) is 30.0 Å². The quantitative estimate of drug-likeness (QED) is 0.0792. The number of amides is 1. The minimum Gasteiger partial charge on any atom is -0.388 e. The number of halogens is 2. The summed E-state index contributed by atoms with van der Waals surface area (Å²) >= 11 is 0. The number of ether oxygens (including phenoxy) is 4. The van der Waals surface area contributed by atoms with Crippen molar-refractivity contribution in [1.82, 2.24) is 16.0 Å². The molecule has 1 amide bonds. The van der Waals surface area contributed by atoms with Crippen molar-refractivity contribution in [1.29, 1.82) is 0 Å². The van der Waals surface area contributed by atoms with Crippen molar-refractivity contribution >= 4 is 5.91 Å². The minimum atomic E-state index is -3.93. The Morgan fingerprint density at radius 3 is 2.41 bits per heavy atom. The van der Waals surface area contributed by atoms with Crippen LogP contribution in [-0.2, 0) is 23.7 Å². The first-order chi connectivity index (χ1) is 20.7. The van der Waals surface area contributed by atoms with Gasteiger partial charge < -0.3 is 78.3 Å². The molecule has 3 aliphatic rings. The second kappa shape index (κ2) is 16.1. The monoisotopic (exact) mass is 643 g/mol. The van der Waals surface area contributed by atoms with E-state index in [0.717, 1.165) is 0 Å². The number of carbonyl (C=O) groups is 1. The molecular weight excluding hydrogens is 592 g/mol. The Kier molecular flexibility index (Phi) is 13.6. The van der Waals surface area contributed by atoms with Gasteiger partial charge in [-0.3, -0.25) is 4.79 Å². The fourth-order valence-corrected chi connectivity index (χ4v) is 5.92. The molecule has 0 radical (unpaired) electrons. The zero-order chi connectivity index (χ0) is 32.8. The fraction of sp³-hybridized carbons (Fsp3) is 0.962. The first-order valence-corrected chi connectivity index (χ1v) is 15.0. The molecule has 258 valence electrons. The maximum Gasteiger partial charge on any atom is 0.294 e. The zero-order valence-electron chi connectivity index (χ0n) is 25.2. The molecule has 15 N–H and O–H groups in total. The van der Waals surface area contributed by atoms with E-state index in [9.17, 15) is 34.0 Å². The topological polar surface area (TPSA) is 275 Å². The molecule has 0 bridgehead atoms. The van der Waals surface area contributed by atoms with Crippen LogP contribution in [0.4, 0.5) is 8.78 Å². The van der Waals surface area contributed by atoms with Crippen molar-refractivity contribution in [3.63, 3.8) is 0 Å². The van der Waals surface area contributed by atoms with Gasteiger partial charge in [-0.05, 0) is 52.7 Å². The molecule has 0 aromatic heterocycles. The van der Waals surface area contributed by atoms with Gasteiger partial charge in [0.05, 0.1) is 37.4 Å². The molecule has 1 aliphatic carbocycles. The van der Waals surface area contributed by atoms with E-state index >= 15 is 0 Å². The van der Waals surface area contributed by atoms with Crippen LogP contribution in [0, 0.1) is 0 Å². The maximum absolute atomic E-state index is 14.0. The molecule has 0 aromatic carbocycles. The van der Waals surface area contributed by atoms with Gasteiger partial charge in [0, 0.05) is 12.6 Å². The van der Waals surface area contributed by atoms with E-state index in [0.29, 0.717) is 32.4 Å². The van der Waals surface area contributed by atoms with Gasteiger partial charge in [-0.2, -0.15) is 0 Å². The lowest BCUT2D eigenvalue weighted by Gasteiger charge is -2.49. The van der Waals surface area contributed by atoms with E-state index in [1.165, 1.54) is 14.0 Å². The lowest BCUT2D eigenvalue weighted by Crippen LogP contribution is -2.70. The van der Waals surface area contributed by atoms with Gasteiger partial charge >= 0.3 is 0 Å². The molecule has 16 nitrogen and oxygen atoms in total. The molecule has 3 fully saturated rings. The Labute approximate surface area is 255 Å². The van der Waals surface area contributed by atoms with Gasteiger partial charge in [0.25, 0.3) is 11.8 Å². The van der Waals surface area contributed by atoms with E-state index in [1.54, 1.807) is 0 Å². The number of rotatable bonds is 14. The highest BCUT2D eigenvalue weighted by Gasteiger charge is 2.53. The third-order valence-corrected chi connectivity index (χ3v) is 8.49. The Morgan fingerprint density at radius 2 is 1.80 bits per heavy atom. The van der Waals surface area contributed by atoms with Crippen LogP contribution in [0.15, 0.2) is 0 Å². The summed E-state index contributed by atoms with van der Waals surface area (Å²) < 4.78 is 51.9. The van der Waals surface area contributed by atoms with E-state index in [2.05, 4.69) is 16.0 Å². The number of aliphatic hydroxyl groups is 4. The third kappa shape index (κ3) is 8.77. The Balaban J connectivity index is 1.86. The lowest BCUT2D eigenvalue weighted by atomic mass is 9.83. The lowest BCUT2D eigenvalue weighted by molar-refractivity contribution is -0.308. The van der Waals surface area contributed by atoms with Crippen LogP contribution >= 0.6 is 0 Å². The van der Waals surface area contributed by atoms with Crippen LogP contribution in [0.3, 0.4) is 0 Å². The number of nitrogens with one attached hydrogen (secondary N) is 3. The zero-order valence-corrected chi connectivity index (χ0v) is 25.2. The second-order valence-electron chi connectivity index (χ2n) is 12.0. The van der Waals surface area contributed by atoms with E-state index in [1.807, 2.05) is 0 Å². The van der Waals surface area contributed by atoms with Gasteiger partial charge in [-0.25, -0.2) is 8.78 Å². The highest BCUT2D eigenvalue weighted by Crippen LogP contribution is 2.32. The van der Waals surface area contributed by atoms with E-state index < -0.39 is 85.2 Å². The normalized spacial score (nSPS) is 40.9. The van der Waals surface area contributed by atoms with Crippen LogP contribution in [0.5, 0.6) is 0 Å². The minimum absolute atomic E-state index is 0.159. The van der Waals surface area contributed by atoms with Crippen molar-refractivity contribution in [3.8, 4) is 0 Å². The Bertz CT molecular complexity index is 912. The predicted molar refractivity (Wildman–Crippen MR) is 152 cm³/mol. The molecule has 1 unspecified atom stereocenters. The number of carbonyl (C=O) groups excluding carboxylic acids is 1. The molecule has 3 rings (SSSR count). The predicted octanol–water partition coefficient (Wildman–Crippen LogP) is -4.88. The van der Waals surface area contributed by atoms with Crippen molar-refractivity contribution in [2.75, 3.05) is 39.8 Å². The van der Waals surface area contributed by atoms with Crippen LogP contribution in [0.25, 0.3) is 0 Å². The molecule has 18 heteroatoms. The number of likely N-dealkylation sites (N-methyl/N-ethyl adjacent to an activating group) is 1.